The molecule has 0 radical (unpaired) electrons. The van der Waals surface area contributed by atoms with Gasteiger partial charge in [-0.15, -0.1) is 10.2 Å². The molecule has 1 aromatic heterocycles. The summed E-state index contributed by atoms with van der Waals surface area (Å²) >= 11 is 0. The molecule has 7 nitrogen and oxygen atoms in total. The Bertz CT molecular complexity index is 637. The molecule has 21 heavy (non-hydrogen) atoms. The van der Waals surface area contributed by atoms with E-state index in [1.807, 2.05) is 24.3 Å². The smallest absolute Gasteiger partial charge is 0.274 e. The molecule has 0 saturated heterocycles. The van der Waals surface area contributed by atoms with Gasteiger partial charge in [-0.1, -0.05) is 12.1 Å². The van der Waals surface area contributed by atoms with Crippen LogP contribution in [0, 0.1) is 0 Å². The van der Waals surface area contributed by atoms with Gasteiger partial charge in [-0.2, -0.15) is 0 Å². The van der Waals surface area contributed by atoms with Crippen molar-refractivity contribution in [1.29, 1.82) is 0 Å². The molecule has 1 heterocycles. The zero-order chi connectivity index (χ0) is 15.2. The van der Waals surface area contributed by atoms with Crippen molar-refractivity contribution in [2.75, 3.05) is 19.0 Å². The first-order chi connectivity index (χ1) is 10.1. The standard InChI is InChI=1S/C14H18N4O3/c1-9(19)8-15-14-16-13(20)12(17-18-14)7-10-3-5-11(21-2)6-4-10/h3-6,9,19H,7-8H2,1-2H3,(H2,15,16,18,20). The second kappa shape index (κ2) is 6.85. The van der Waals surface area contributed by atoms with Crippen LogP contribution in [0.1, 0.15) is 18.2 Å². The molecule has 0 amide bonds. The van der Waals surface area contributed by atoms with Gasteiger partial charge in [0, 0.05) is 13.0 Å². The van der Waals surface area contributed by atoms with Gasteiger partial charge in [-0.05, 0) is 24.6 Å². The molecule has 0 aliphatic rings. The summed E-state index contributed by atoms with van der Waals surface area (Å²) in [6.45, 7) is 1.93. The van der Waals surface area contributed by atoms with E-state index in [0.29, 0.717) is 18.7 Å². The minimum atomic E-state index is -0.533. The summed E-state index contributed by atoms with van der Waals surface area (Å²) in [7, 11) is 1.60. The molecule has 2 aromatic rings. The van der Waals surface area contributed by atoms with Crippen molar-refractivity contribution in [3.63, 3.8) is 0 Å². The Hall–Kier alpha value is -2.41. The molecule has 0 aliphatic heterocycles. The van der Waals surface area contributed by atoms with Gasteiger partial charge in [0.2, 0.25) is 5.95 Å². The summed E-state index contributed by atoms with van der Waals surface area (Å²) in [4.78, 5) is 14.5. The van der Waals surface area contributed by atoms with E-state index in [9.17, 15) is 4.79 Å². The first kappa shape index (κ1) is 15.0. The molecule has 0 saturated carbocycles. The van der Waals surface area contributed by atoms with E-state index < -0.39 is 6.10 Å². The molecule has 1 unspecified atom stereocenters. The fourth-order valence-electron chi connectivity index (χ4n) is 1.74. The van der Waals surface area contributed by atoms with E-state index in [1.54, 1.807) is 14.0 Å². The zero-order valence-electron chi connectivity index (χ0n) is 12.0. The van der Waals surface area contributed by atoms with Gasteiger partial charge in [-0.3, -0.25) is 9.78 Å². The fourth-order valence-corrected chi connectivity index (χ4v) is 1.74. The van der Waals surface area contributed by atoms with Crippen molar-refractivity contribution in [3.05, 3.63) is 45.9 Å². The van der Waals surface area contributed by atoms with Gasteiger partial charge in [-0.25, -0.2) is 0 Å². The normalized spacial score (nSPS) is 12.0. The van der Waals surface area contributed by atoms with Crippen molar-refractivity contribution in [1.82, 2.24) is 15.2 Å². The first-order valence-electron chi connectivity index (χ1n) is 6.59. The number of rotatable bonds is 6. The molecule has 2 rings (SSSR count). The third-order valence-corrected chi connectivity index (χ3v) is 2.86. The number of H-pyrrole nitrogens is 1. The van der Waals surface area contributed by atoms with Gasteiger partial charge < -0.3 is 15.2 Å². The second-order valence-electron chi connectivity index (χ2n) is 4.70. The Morgan fingerprint density at radius 3 is 2.62 bits per heavy atom. The van der Waals surface area contributed by atoms with Crippen molar-refractivity contribution >= 4 is 5.95 Å². The highest BCUT2D eigenvalue weighted by Crippen LogP contribution is 2.12. The molecule has 112 valence electrons. The van der Waals surface area contributed by atoms with Crippen LogP contribution in [0.3, 0.4) is 0 Å². The number of hydrogen-bond acceptors (Lipinski definition) is 6. The molecule has 1 atom stereocenters. The third kappa shape index (κ3) is 4.28. The number of nitrogens with zero attached hydrogens (tertiary/aromatic N) is 2. The lowest BCUT2D eigenvalue weighted by atomic mass is 10.1. The number of ether oxygens (including phenoxy) is 1. The summed E-state index contributed by atoms with van der Waals surface area (Å²) in [5.41, 5.74) is 0.983. The van der Waals surface area contributed by atoms with Crippen LogP contribution in [0.2, 0.25) is 0 Å². The maximum Gasteiger partial charge on any atom is 0.274 e. The summed E-state index contributed by atoms with van der Waals surface area (Å²) in [5.74, 6) is 1.01. The van der Waals surface area contributed by atoms with E-state index in [-0.39, 0.29) is 11.5 Å². The van der Waals surface area contributed by atoms with E-state index in [0.717, 1.165) is 11.3 Å². The zero-order valence-corrected chi connectivity index (χ0v) is 12.0. The molecular weight excluding hydrogens is 272 g/mol. The highest BCUT2D eigenvalue weighted by molar-refractivity contribution is 5.30. The maximum atomic E-state index is 11.9. The van der Waals surface area contributed by atoms with Crippen molar-refractivity contribution in [2.24, 2.45) is 0 Å². The number of hydrogen-bond donors (Lipinski definition) is 3. The lowest BCUT2D eigenvalue weighted by molar-refractivity contribution is 0.208. The molecule has 0 aliphatic carbocycles. The summed E-state index contributed by atoms with van der Waals surface area (Å²) in [6.07, 6.45) is -0.141. The van der Waals surface area contributed by atoms with Gasteiger partial charge in [0.05, 0.1) is 13.2 Å². The molecule has 1 aromatic carbocycles. The molecule has 0 bridgehead atoms. The van der Waals surface area contributed by atoms with E-state index in [2.05, 4.69) is 20.5 Å². The van der Waals surface area contributed by atoms with Crippen LogP contribution < -0.4 is 15.6 Å². The van der Waals surface area contributed by atoms with Gasteiger partial charge in [0.1, 0.15) is 11.4 Å². The molecular formula is C14H18N4O3. The summed E-state index contributed by atoms with van der Waals surface area (Å²) in [5, 5.41) is 19.8. The number of aromatic nitrogens is 3. The Labute approximate surface area is 122 Å². The second-order valence-corrected chi connectivity index (χ2v) is 4.70. The average Bonchev–Trinajstić information content (AvgIpc) is 2.48. The average molecular weight is 290 g/mol. The Morgan fingerprint density at radius 1 is 1.33 bits per heavy atom. The van der Waals surface area contributed by atoms with E-state index >= 15 is 0 Å². The number of aromatic amines is 1. The molecule has 7 heteroatoms. The van der Waals surface area contributed by atoms with Crippen LogP contribution >= 0.6 is 0 Å². The Kier molecular flexibility index (Phi) is 4.89. The van der Waals surface area contributed by atoms with Crippen LogP contribution in [0.15, 0.2) is 29.1 Å². The highest BCUT2D eigenvalue weighted by atomic mass is 16.5. The highest BCUT2D eigenvalue weighted by Gasteiger charge is 2.07. The van der Waals surface area contributed by atoms with Gasteiger partial charge >= 0.3 is 0 Å². The van der Waals surface area contributed by atoms with Crippen molar-refractivity contribution in [3.8, 4) is 5.75 Å². The number of anilines is 1. The summed E-state index contributed by atoms with van der Waals surface area (Å²) < 4.78 is 5.08. The number of aliphatic hydroxyl groups excluding tert-OH is 1. The van der Waals surface area contributed by atoms with E-state index in [1.165, 1.54) is 0 Å². The molecule has 3 N–H and O–H groups in total. The predicted molar refractivity (Wildman–Crippen MR) is 78.6 cm³/mol. The largest absolute Gasteiger partial charge is 0.497 e. The number of benzene rings is 1. The van der Waals surface area contributed by atoms with Crippen LogP contribution in [0.25, 0.3) is 0 Å². The Balaban J connectivity index is 2.08. The first-order valence-corrected chi connectivity index (χ1v) is 6.59. The number of aliphatic hydroxyl groups is 1. The quantitative estimate of drug-likeness (QED) is 0.718. The lowest BCUT2D eigenvalue weighted by Crippen LogP contribution is -2.23. The lowest BCUT2D eigenvalue weighted by Gasteiger charge is -2.07. The summed E-state index contributed by atoms with van der Waals surface area (Å²) in [6, 6.07) is 7.41. The molecule has 0 spiro atoms. The topological polar surface area (TPSA) is 100 Å². The monoisotopic (exact) mass is 290 g/mol. The SMILES string of the molecule is COc1ccc(Cc2nnc(NCC(C)O)[nH]c2=O)cc1. The van der Waals surface area contributed by atoms with Gasteiger partial charge in [0.25, 0.3) is 5.56 Å². The van der Waals surface area contributed by atoms with Crippen LogP contribution in [-0.2, 0) is 6.42 Å². The fraction of sp³-hybridized carbons (Fsp3) is 0.357. The van der Waals surface area contributed by atoms with Crippen molar-refractivity contribution in [2.45, 2.75) is 19.4 Å². The van der Waals surface area contributed by atoms with Crippen molar-refractivity contribution < 1.29 is 9.84 Å². The molecule has 0 fully saturated rings. The van der Waals surface area contributed by atoms with Crippen LogP contribution in [0.4, 0.5) is 5.95 Å². The number of nitrogens with one attached hydrogen (secondary N) is 2. The van der Waals surface area contributed by atoms with Crippen LogP contribution in [0.5, 0.6) is 5.75 Å². The van der Waals surface area contributed by atoms with Gasteiger partial charge in [0.15, 0.2) is 0 Å². The van der Waals surface area contributed by atoms with Crippen LogP contribution in [-0.4, -0.2) is 40.0 Å². The minimum absolute atomic E-state index is 0.249. The van der Waals surface area contributed by atoms with E-state index in [4.69, 9.17) is 9.84 Å². The maximum absolute atomic E-state index is 11.9. The number of methoxy groups -OCH3 is 1. The Morgan fingerprint density at radius 2 is 2.05 bits per heavy atom. The minimum Gasteiger partial charge on any atom is -0.497 e. The predicted octanol–water partition coefficient (Wildman–Crippen LogP) is 0.557. The third-order valence-electron chi connectivity index (χ3n) is 2.86.